The van der Waals surface area contributed by atoms with E-state index >= 15 is 0 Å². The first-order valence-electron chi connectivity index (χ1n) is 7.89. The van der Waals surface area contributed by atoms with E-state index in [0.29, 0.717) is 17.1 Å². The van der Waals surface area contributed by atoms with Crippen LogP contribution in [0.5, 0.6) is 11.5 Å². The van der Waals surface area contributed by atoms with Gasteiger partial charge >= 0.3 is 0 Å². The van der Waals surface area contributed by atoms with Crippen molar-refractivity contribution < 1.29 is 14.6 Å². The first-order chi connectivity index (χ1) is 11.2. The van der Waals surface area contributed by atoms with Crippen molar-refractivity contribution in [1.82, 2.24) is 10.3 Å². The van der Waals surface area contributed by atoms with Gasteiger partial charge in [0.2, 0.25) is 0 Å². The van der Waals surface area contributed by atoms with Crippen LogP contribution in [0.3, 0.4) is 0 Å². The van der Waals surface area contributed by atoms with Crippen molar-refractivity contribution in [3.05, 3.63) is 54.4 Å². The zero-order chi connectivity index (χ0) is 16.1. The highest BCUT2D eigenvalue weighted by Gasteiger charge is 2.24. The SMILES string of the molecule is O=C(N[C@@H]1CCCC[C@H]1O)c1ccc(Oc2cccnc2)cc1. The molecule has 1 amide bonds. The average molecular weight is 312 g/mol. The van der Waals surface area contributed by atoms with Crippen LogP contribution in [0.4, 0.5) is 0 Å². The topological polar surface area (TPSA) is 71.5 Å². The summed E-state index contributed by atoms with van der Waals surface area (Å²) in [5.41, 5.74) is 0.557. The van der Waals surface area contributed by atoms with E-state index in [1.54, 1.807) is 42.7 Å². The van der Waals surface area contributed by atoms with Gasteiger partial charge in [-0.15, -0.1) is 0 Å². The van der Waals surface area contributed by atoms with Gasteiger partial charge in [0.15, 0.2) is 0 Å². The molecule has 1 heterocycles. The van der Waals surface area contributed by atoms with Gasteiger partial charge in [0.25, 0.3) is 5.91 Å². The highest BCUT2D eigenvalue weighted by atomic mass is 16.5. The Hall–Kier alpha value is -2.40. The van der Waals surface area contributed by atoms with Gasteiger partial charge in [-0.1, -0.05) is 12.8 Å². The maximum Gasteiger partial charge on any atom is 0.251 e. The minimum Gasteiger partial charge on any atom is -0.456 e. The highest BCUT2D eigenvalue weighted by molar-refractivity contribution is 5.94. The largest absolute Gasteiger partial charge is 0.456 e. The normalized spacial score (nSPS) is 20.7. The zero-order valence-electron chi connectivity index (χ0n) is 12.8. The third-order valence-electron chi connectivity index (χ3n) is 4.03. The number of hydrogen-bond acceptors (Lipinski definition) is 4. The summed E-state index contributed by atoms with van der Waals surface area (Å²) in [4.78, 5) is 16.2. The molecule has 1 aliphatic carbocycles. The minimum atomic E-state index is -0.444. The van der Waals surface area contributed by atoms with Gasteiger partial charge < -0.3 is 15.2 Å². The van der Waals surface area contributed by atoms with E-state index in [2.05, 4.69) is 10.3 Å². The van der Waals surface area contributed by atoms with Gasteiger partial charge in [-0.2, -0.15) is 0 Å². The van der Waals surface area contributed by atoms with Crippen LogP contribution in [-0.2, 0) is 0 Å². The standard InChI is InChI=1S/C18H20N2O3/c21-17-6-2-1-5-16(17)20-18(22)13-7-9-14(10-8-13)23-15-4-3-11-19-12-15/h3-4,7-12,16-17,21H,1-2,5-6H2,(H,20,22)/t16-,17-/m1/s1. The van der Waals surface area contributed by atoms with E-state index in [9.17, 15) is 9.90 Å². The summed E-state index contributed by atoms with van der Waals surface area (Å²) in [7, 11) is 0. The van der Waals surface area contributed by atoms with Crippen LogP contribution in [0.1, 0.15) is 36.0 Å². The number of nitrogens with zero attached hydrogens (tertiary/aromatic N) is 1. The number of hydrogen-bond donors (Lipinski definition) is 2. The Morgan fingerprint density at radius 2 is 1.91 bits per heavy atom. The van der Waals surface area contributed by atoms with Gasteiger partial charge in [0.05, 0.1) is 18.3 Å². The van der Waals surface area contributed by atoms with E-state index in [4.69, 9.17) is 4.74 Å². The van der Waals surface area contributed by atoms with Crippen LogP contribution in [0, 0.1) is 0 Å². The van der Waals surface area contributed by atoms with Gasteiger partial charge in [0, 0.05) is 11.8 Å². The molecule has 23 heavy (non-hydrogen) atoms. The minimum absolute atomic E-state index is 0.150. The maximum absolute atomic E-state index is 12.3. The van der Waals surface area contributed by atoms with E-state index < -0.39 is 6.10 Å². The fraction of sp³-hybridized carbons (Fsp3) is 0.333. The van der Waals surface area contributed by atoms with Gasteiger partial charge in [-0.25, -0.2) is 0 Å². The molecule has 3 rings (SSSR count). The van der Waals surface area contributed by atoms with Crippen LogP contribution in [0.25, 0.3) is 0 Å². The van der Waals surface area contributed by atoms with Crippen molar-refractivity contribution >= 4 is 5.91 Å². The molecule has 2 aromatic rings. The summed E-state index contributed by atoms with van der Waals surface area (Å²) in [6, 6.07) is 10.4. The van der Waals surface area contributed by atoms with Crippen molar-refractivity contribution in [3.63, 3.8) is 0 Å². The Morgan fingerprint density at radius 3 is 2.61 bits per heavy atom. The van der Waals surface area contributed by atoms with E-state index in [1.165, 1.54) is 0 Å². The van der Waals surface area contributed by atoms with Crippen molar-refractivity contribution in [2.75, 3.05) is 0 Å². The Morgan fingerprint density at radius 1 is 1.13 bits per heavy atom. The Bertz CT molecular complexity index is 643. The van der Waals surface area contributed by atoms with Crippen molar-refractivity contribution in [1.29, 1.82) is 0 Å². The highest BCUT2D eigenvalue weighted by Crippen LogP contribution is 2.21. The monoisotopic (exact) mass is 312 g/mol. The molecule has 0 unspecified atom stereocenters. The summed E-state index contributed by atoms with van der Waals surface area (Å²) in [6.07, 6.45) is 6.51. The number of benzene rings is 1. The summed E-state index contributed by atoms with van der Waals surface area (Å²) in [5, 5.41) is 12.8. The lowest BCUT2D eigenvalue weighted by molar-refractivity contribution is 0.0717. The first kappa shape index (κ1) is 15.5. The predicted octanol–water partition coefficient (Wildman–Crippen LogP) is 2.91. The quantitative estimate of drug-likeness (QED) is 0.910. The number of nitrogens with one attached hydrogen (secondary N) is 1. The molecule has 2 N–H and O–H groups in total. The maximum atomic E-state index is 12.3. The Balaban J connectivity index is 1.61. The molecule has 1 aromatic carbocycles. The van der Waals surface area contributed by atoms with Gasteiger partial charge in [-0.05, 0) is 49.2 Å². The second kappa shape index (κ2) is 7.24. The smallest absolute Gasteiger partial charge is 0.251 e. The molecule has 0 spiro atoms. The summed E-state index contributed by atoms with van der Waals surface area (Å²) >= 11 is 0. The molecular formula is C18H20N2O3. The molecule has 0 bridgehead atoms. The van der Waals surface area contributed by atoms with E-state index in [0.717, 1.165) is 25.7 Å². The van der Waals surface area contributed by atoms with Gasteiger partial charge in [-0.3, -0.25) is 9.78 Å². The third kappa shape index (κ3) is 4.07. The molecule has 2 atom stereocenters. The van der Waals surface area contributed by atoms with E-state index in [1.807, 2.05) is 6.07 Å². The average Bonchev–Trinajstić information content (AvgIpc) is 2.58. The number of carbonyl (C=O) groups is 1. The molecule has 1 aromatic heterocycles. The third-order valence-corrected chi connectivity index (χ3v) is 4.03. The molecule has 0 radical (unpaired) electrons. The predicted molar refractivity (Wildman–Crippen MR) is 86.5 cm³/mol. The molecule has 1 fully saturated rings. The van der Waals surface area contributed by atoms with Crippen molar-refractivity contribution in [3.8, 4) is 11.5 Å². The number of rotatable bonds is 4. The van der Waals surface area contributed by atoms with Crippen LogP contribution in [-0.4, -0.2) is 28.1 Å². The summed E-state index contributed by atoms with van der Waals surface area (Å²) < 4.78 is 5.65. The number of carbonyl (C=O) groups excluding carboxylic acids is 1. The lowest BCUT2D eigenvalue weighted by Gasteiger charge is -2.28. The molecule has 5 nitrogen and oxygen atoms in total. The molecule has 1 saturated carbocycles. The Labute approximate surface area is 135 Å². The number of ether oxygens (including phenoxy) is 1. The van der Waals surface area contributed by atoms with Crippen molar-refractivity contribution in [2.45, 2.75) is 37.8 Å². The number of amides is 1. The van der Waals surface area contributed by atoms with Crippen LogP contribution < -0.4 is 10.1 Å². The Kier molecular flexibility index (Phi) is 4.88. The van der Waals surface area contributed by atoms with E-state index in [-0.39, 0.29) is 11.9 Å². The zero-order valence-corrected chi connectivity index (χ0v) is 12.8. The summed E-state index contributed by atoms with van der Waals surface area (Å²) in [5.74, 6) is 1.13. The second-order valence-electron chi connectivity index (χ2n) is 5.75. The first-order valence-corrected chi connectivity index (χ1v) is 7.89. The van der Waals surface area contributed by atoms with Crippen LogP contribution in [0.2, 0.25) is 0 Å². The second-order valence-corrected chi connectivity index (χ2v) is 5.75. The molecular weight excluding hydrogens is 292 g/mol. The molecule has 1 aliphatic rings. The fourth-order valence-corrected chi connectivity index (χ4v) is 2.75. The van der Waals surface area contributed by atoms with Gasteiger partial charge in [0.1, 0.15) is 11.5 Å². The van der Waals surface area contributed by atoms with Crippen molar-refractivity contribution in [2.24, 2.45) is 0 Å². The van der Waals surface area contributed by atoms with Crippen LogP contribution in [0.15, 0.2) is 48.8 Å². The number of pyridine rings is 1. The number of aliphatic hydroxyl groups is 1. The number of aromatic nitrogens is 1. The lowest BCUT2D eigenvalue weighted by atomic mass is 9.92. The molecule has 0 saturated heterocycles. The number of aliphatic hydroxyl groups excluding tert-OH is 1. The molecule has 120 valence electrons. The molecule has 5 heteroatoms. The molecule has 0 aliphatic heterocycles. The summed E-state index contributed by atoms with van der Waals surface area (Å²) in [6.45, 7) is 0. The lowest BCUT2D eigenvalue weighted by Crippen LogP contribution is -2.45. The van der Waals surface area contributed by atoms with Crippen LogP contribution >= 0.6 is 0 Å². The fourth-order valence-electron chi connectivity index (χ4n) is 2.75.